The molecular weight excluding hydrogens is 340 g/mol. The highest BCUT2D eigenvalue weighted by molar-refractivity contribution is 5.76. The van der Waals surface area contributed by atoms with Crippen LogP contribution in [0, 0.1) is 5.92 Å². The Bertz CT molecular complexity index is 712. The van der Waals surface area contributed by atoms with Gasteiger partial charge in [-0.15, -0.1) is 0 Å². The number of ether oxygens (including phenoxy) is 1. The molecule has 0 aliphatic carbocycles. The third-order valence-corrected chi connectivity index (χ3v) is 5.16. The Hall–Kier alpha value is -2.34. The van der Waals surface area contributed by atoms with Crippen LogP contribution in [0.3, 0.4) is 0 Å². The number of amides is 1. The minimum Gasteiger partial charge on any atom is -0.493 e. The van der Waals surface area contributed by atoms with Crippen molar-refractivity contribution in [2.24, 2.45) is 5.92 Å². The van der Waals surface area contributed by atoms with Gasteiger partial charge in [0.15, 0.2) is 0 Å². The minimum absolute atomic E-state index is 0.144. The molecule has 3 rings (SSSR count). The number of aromatic nitrogens is 2. The molecule has 0 bridgehead atoms. The van der Waals surface area contributed by atoms with Crippen molar-refractivity contribution in [3.63, 3.8) is 0 Å². The van der Waals surface area contributed by atoms with Crippen molar-refractivity contribution in [1.82, 2.24) is 19.6 Å². The summed E-state index contributed by atoms with van der Waals surface area (Å²) in [4.78, 5) is 17.2. The highest BCUT2D eigenvalue weighted by Crippen LogP contribution is 2.18. The Balaban J connectivity index is 1.61. The van der Waals surface area contributed by atoms with Gasteiger partial charge in [0, 0.05) is 31.7 Å². The average Bonchev–Trinajstić information content (AvgIpc) is 3.05. The van der Waals surface area contributed by atoms with Crippen LogP contribution in [0.4, 0.5) is 0 Å². The lowest BCUT2D eigenvalue weighted by Crippen LogP contribution is -2.39. The maximum Gasteiger partial charge on any atom is 0.226 e. The van der Waals surface area contributed by atoms with E-state index in [1.807, 2.05) is 47.5 Å². The molecule has 2 heterocycles. The van der Waals surface area contributed by atoms with E-state index in [2.05, 4.69) is 28.5 Å². The van der Waals surface area contributed by atoms with Crippen LogP contribution < -0.4 is 4.74 Å². The first kappa shape index (κ1) is 19.4. The first-order valence-corrected chi connectivity index (χ1v) is 9.88. The number of rotatable bonds is 8. The molecule has 0 saturated heterocycles. The van der Waals surface area contributed by atoms with Crippen LogP contribution in [-0.4, -0.2) is 58.3 Å². The topological polar surface area (TPSA) is 50.6 Å². The molecule has 1 aromatic heterocycles. The molecule has 2 aromatic rings. The van der Waals surface area contributed by atoms with Gasteiger partial charge in [-0.2, -0.15) is 5.10 Å². The molecule has 0 N–H and O–H groups in total. The predicted molar refractivity (Wildman–Crippen MR) is 105 cm³/mol. The summed E-state index contributed by atoms with van der Waals surface area (Å²) in [7, 11) is 0. The number of benzene rings is 1. The van der Waals surface area contributed by atoms with E-state index < -0.39 is 0 Å². The van der Waals surface area contributed by atoms with Crippen LogP contribution in [0.5, 0.6) is 5.75 Å². The molecule has 0 radical (unpaired) electrons. The minimum atomic E-state index is 0.144. The fraction of sp³-hybridized carbons (Fsp3) is 0.524. The lowest BCUT2D eigenvalue weighted by Gasteiger charge is -2.28. The number of carbonyl (C=O) groups is 1. The Morgan fingerprint density at radius 2 is 1.96 bits per heavy atom. The van der Waals surface area contributed by atoms with Gasteiger partial charge in [-0.3, -0.25) is 9.48 Å². The number of nitrogens with zero attached hydrogens (tertiary/aromatic N) is 4. The number of hydrogen-bond donors (Lipinski definition) is 0. The lowest BCUT2D eigenvalue weighted by atomic mass is 10.1. The zero-order chi connectivity index (χ0) is 19.1. The Morgan fingerprint density at radius 3 is 2.70 bits per heavy atom. The summed E-state index contributed by atoms with van der Waals surface area (Å²) in [5.74, 6) is 1.33. The predicted octanol–water partition coefficient (Wildman–Crippen LogP) is 2.65. The second-order valence-corrected chi connectivity index (χ2v) is 7.04. The first-order valence-electron chi connectivity index (χ1n) is 9.88. The van der Waals surface area contributed by atoms with Gasteiger partial charge in [-0.25, -0.2) is 0 Å². The van der Waals surface area contributed by atoms with Crippen molar-refractivity contribution in [1.29, 1.82) is 0 Å². The second kappa shape index (κ2) is 9.55. The Kier molecular flexibility index (Phi) is 6.87. The van der Waals surface area contributed by atoms with Gasteiger partial charge in [0.2, 0.25) is 5.91 Å². The van der Waals surface area contributed by atoms with Crippen molar-refractivity contribution in [3.05, 3.63) is 48.3 Å². The van der Waals surface area contributed by atoms with Gasteiger partial charge in [-0.05, 0) is 31.3 Å². The SMILES string of the molecule is CCN(CC)CC1CN(C(=O)CCOc2ccccc2)Cc2ccnn2C1. The van der Waals surface area contributed by atoms with Gasteiger partial charge in [-0.1, -0.05) is 32.0 Å². The quantitative estimate of drug-likeness (QED) is 0.717. The van der Waals surface area contributed by atoms with Gasteiger partial charge in [0.05, 0.1) is 25.3 Å². The smallest absolute Gasteiger partial charge is 0.226 e. The maximum absolute atomic E-state index is 12.8. The van der Waals surface area contributed by atoms with E-state index in [4.69, 9.17) is 4.74 Å². The third kappa shape index (κ3) is 5.32. The van der Waals surface area contributed by atoms with Crippen LogP contribution in [-0.2, 0) is 17.9 Å². The summed E-state index contributed by atoms with van der Waals surface area (Å²) in [6.45, 7) is 10.1. The van der Waals surface area contributed by atoms with E-state index in [9.17, 15) is 4.79 Å². The summed E-state index contributed by atoms with van der Waals surface area (Å²) in [6, 6.07) is 11.7. The average molecular weight is 370 g/mol. The molecule has 6 heteroatoms. The van der Waals surface area contributed by atoms with Gasteiger partial charge >= 0.3 is 0 Å². The third-order valence-electron chi connectivity index (χ3n) is 5.16. The van der Waals surface area contributed by atoms with Crippen molar-refractivity contribution < 1.29 is 9.53 Å². The van der Waals surface area contributed by atoms with E-state index in [1.165, 1.54) is 0 Å². The van der Waals surface area contributed by atoms with E-state index in [0.29, 0.717) is 25.5 Å². The monoisotopic (exact) mass is 370 g/mol. The van der Waals surface area contributed by atoms with E-state index in [-0.39, 0.29) is 5.91 Å². The van der Waals surface area contributed by atoms with E-state index in [0.717, 1.165) is 44.2 Å². The van der Waals surface area contributed by atoms with Crippen LogP contribution in [0.15, 0.2) is 42.6 Å². The van der Waals surface area contributed by atoms with Gasteiger partial charge < -0.3 is 14.5 Å². The summed E-state index contributed by atoms with van der Waals surface area (Å²) in [5.41, 5.74) is 1.11. The molecule has 1 amide bonds. The molecule has 1 unspecified atom stereocenters. The van der Waals surface area contributed by atoms with Crippen molar-refractivity contribution in [2.45, 2.75) is 33.4 Å². The van der Waals surface area contributed by atoms with E-state index in [1.54, 1.807) is 0 Å². The van der Waals surface area contributed by atoms with Gasteiger partial charge in [0.1, 0.15) is 5.75 Å². The molecular formula is C21H30N4O2. The van der Waals surface area contributed by atoms with Crippen molar-refractivity contribution >= 4 is 5.91 Å². The summed E-state index contributed by atoms with van der Waals surface area (Å²) < 4.78 is 7.76. The van der Waals surface area contributed by atoms with Gasteiger partial charge in [0.25, 0.3) is 0 Å². The fourth-order valence-electron chi connectivity index (χ4n) is 3.62. The normalized spacial score (nSPS) is 16.9. The molecule has 0 spiro atoms. The zero-order valence-electron chi connectivity index (χ0n) is 16.4. The molecule has 0 saturated carbocycles. The van der Waals surface area contributed by atoms with Crippen molar-refractivity contribution in [2.75, 3.05) is 32.8 Å². The number of carbonyl (C=O) groups excluding carboxylic acids is 1. The van der Waals surface area contributed by atoms with Crippen LogP contribution in [0.1, 0.15) is 26.0 Å². The van der Waals surface area contributed by atoms with E-state index >= 15 is 0 Å². The first-order chi connectivity index (χ1) is 13.2. The summed E-state index contributed by atoms with van der Waals surface area (Å²) in [6.07, 6.45) is 2.22. The number of fused-ring (bicyclic) bond motifs is 1. The number of para-hydroxylation sites is 1. The Morgan fingerprint density at radius 1 is 1.19 bits per heavy atom. The molecule has 0 fully saturated rings. The summed E-state index contributed by atoms with van der Waals surface area (Å²) in [5, 5.41) is 4.46. The highest BCUT2D eigenvalue weighted by Gasteiger charge is 2.26. The largest absolute Gasteiger partial charge is 0.493 e. The lowest BCUT2D eigenvalue weighted by molar-refractivity contribution is -0.133. The number of hydrogen-bond acceptors (Lipinski definition) is 4. The molecule has 1 atom stereocenters. The zero-order valence-corrected chi connectivity index (χ0v) is 16.4. The molecule has 1 aliphatic rings. The fourth-order valence-corrected chi connectivity index (χ4v) is 3.62. The molecule has 1 aliphatic heterocycles. The molecule has 27 heavy (non-hydrogen) atoms. The standard InChI is InChI=1S/C21H30N4O2/c1-3-23(4-2)14-18-15-24(17-19-10-12-22-25(19)16-18)21(26)11-13-27-20-8-6-5-7-9-20/h5-10,12,18H,3-4,11,13-17H2,1-2H3. The Labute approximate surface area is 161 Å². The molecule has 1 aromatic carbocycles. The van der Waals surface area contributed by atoms with Crippen LogP contribution in [0.2, 0.25) is 0 Å². The molecule has 6 nitrogen and oxygen atoms in total. The second-order valence-electron chi connectivity index (χ2n) is 7.04. The van der Waals surface area contributed by atoms with Crippen LogP contribution >= 0.6 is 0 Å². The summed E-state index contributed by atoms with van der Waals surface area (Å²) >= 11 is 0. The van der Waals surface area contributed by atoms with Crippen LogP contribution in [0.25, 0.3) is 0 Å². The molecule has 146 valence electrons. The maximum atomic E-state index is 12.8. The van der Waals surface area contributed by atoms with Crippen molar-refractivity contribution in [3.8, 4) is 5.75 Å². The highest BCUT2D eigenvalue weighted by atomic mass is 16.5.